The van der Waals surface area contributed by atoms with Crippen LogP contribution in [0.5, 0.6) is 0 Å². The lowest BCUT2D eigenvalue weighted by atomic mass is 10.0. The molecule has 0 radical (unpaired) electrons. The third-order valence-electron chi connectivity index (χ3n) is 16.6. The molecule has 2 atom stereocenters. The van der Waals surface area contributed by atoms with E-state index in [-0.39, 0.29) is 38.6 Å². The van der Waals surface area contributed by atoms with Crippen LogP contribution in [-0.4, -0.2) is 49.3 Å². The third kappa shape index (κ3) is 75.4. The fourth-order valence-electron chi connectivity index (χ4n) is 11.0. The Morgan fingerprint density at radius 3 is 0.891 bits per heavy atom. The highest BCUT2D eigenvalue weighted by Gasteiger charge is 2.26. The molecule has 0 aromatic rings. The predicted octanol–water partition coefficient (Wildman–Crippen LogP) is 25.8. The highest BCUT2D eigenvalue weighted by atomic mass is 31.2. The number of phosphoric ester groups is 1. The molecule has 0 aliphatic rings. The molecule has 0 aromatic carbocycles. The van der Waals surface area contributed by atoms with Crippen molar-refractivity contribution in [3.8, 4) is 0 Å². The predicted molar refractivity (Wildman–Crippen MR) is 399 cm³/mol. The van der Waals surface area contributed by atoms with Crippen molar-refractivity contribution in [3.05, 3.63) is 122 Å². The summed E-state index contributed by atoms with van der Waals surface area (Å²) in [4.78, 5) is 35.4. The first-order valence-corrected chi connectivity index (χ1v) is 40.0. The Bertz CT molecular complexity index is 1930. The van der Waals surface area contributed by atoms with Gasteiger partial charge in [0.2, 0.25) is 0 Å². The standard InChI is InChI=1S/C82H144NO8P/c1-3-5-7-9-11-13-15-17-19-21-23-25-27-29-31-33-35-37-38-39-40-41-42-43-45-47-49-51-53-55-57-59-61-63-65-67-69-71-73-75-82(85)91-80(79-90-92(86,87)89-77-76-83)78-88-81(84)74-72-70-68-66-64-62-60-58-56-54-52-50-48-46-44-36-34-32-30-28-26-24-22-20-18-16-14-12-10-8-6-4-2/h5,7,11,13,17,19,23,25,29,31,35,37,39-40,42-43,47,49,53,55,80H,3-4,6,8-10,12,14-16,18,20-22,24,26-28,30,32-34,36,38,41,44-46,48,50-52,54,56-79,83H2,1-2H3,(H,86,87)/b7-5-,13-11-,19-17-,25-23-,31-29-,37-35-,40-39-,43-42-,49-47-,55-53-. The van der Waals surface area contributed by atoms with Gasteiger partial charge in [-0.2, -0.15) is 0 Å². The van der Waals surface area contributed by atoms with Gasteiger partial charge in [0.15, 0.2) is 6.10 Å². The molecule has 0 rings (SSSR count). The SMILES string of the molecule is CC/C=C\C/C=C\C/C=C\C/C=C\C/C=C\C/C=C\C/C=C\C/C=C\C/C=C\C/C=C\CCCCCCCCCCC(=O)OC(COC(=O)CCCCCCCCCCCCCCCCCCCCCCCCCCCCCCCCCC)COP(=O)(O)OCCN. The Labute approximate surface area is 568 Å². The second-order valence-electron chi connectivity index (χ2n) is 25.5. The van der Waals surface area contributed by atoms with Gasteiger partial charge >= 0.3 is 19.8 Å². The number of ether oxygens (including phenoxy) is 2. The molecule has 0 aliphatic carbocycles. The molecular weight excluding hydrogens is 1160 g/mol. The number of hydrogen-bond donors (Lipinski definition) is 2. The lowest BCUT2D eigenvalue weighted by molar-refractivity contribution is -0.161. The number of unbranched alkanes of at least 4 members (excludes halogenated alkanes) is 39. The summed E-state index contributed by atoms with van der Waals surface area (Å²) in [7, 11) is -4.40. The highest BCUT2D eigenvalue weighted by molar-refractivity contribution is 7.47. The number of hydrogen-bond acceptors (Lipinski definition) is 8. The largest absolute Gasteiger partial charge is 0.472 e. The first-order valence-electron chi connectivity index (χ1n) is 38.5. The van der Waals surface area contributed by atoms with E-state index in [1.165, 1.54) is 212 Å². The van der Waals surface area contributed by atoms with Crippen LogP contribution in [0, 0.1) is 0 Å². The van der Waals surface area contributed by atoms with Gasteiger partial charge < -0.3 is 20.1 Å². The van der Waals surface area contributed by atoms with Gasteiger partial charge in [0.05, 0.1) is 13.2 Å². The van der Waals surface area contributed by atoms with Crippen LogP contribution in [0.3, 0.4) is 0 Å². The molecule has 3 N–H and O–H groups in total. The minimum absolute atomic E-state index is 0.0483. The van der Waals surface area contributed by atoms with Crippen LogP contribution >= 0.6 is 7.82 Å². The van der Waals surface area contributed by atoms with Gasteiger partial charge in [-0.1, -0.05) is 373 Å². The molecule has 0 aromatic heterocycles. The summed E-state index contributed by atoms with van der Waals surface area (Å²) in [6, 6.07) is 0. The van der Waals surface area contributed by atoms with Crippen molar-refractivity contribution in [2.45, 2.75) is 360 Å². The Kier molecular flexibility index (Phi) is 73.4. The van der Waals surface area contributed by atoms with Gasteiger partial charge in [-0.3, -0.25) is 18.6 Å². The molecule has 0 amide bonds. The van der Waals surface area contributed by atoms with Crippen LogP contribution in [0.15, 0.2) is 122 Å². The number of nitrogens with two attached hydrogens (primary N) is 1. The van der Waals surface area contributed by atoms with E-state index in [2.05, 4.69) is 135 Å². The summed E-state index contributed by atoms with van der Waals surface area (Å²) in [6.07, 6.45) is 107. The summed E-state index contributed by atoms with van der Waals surface area (Å²) in [6.45, 7) is 3.66. The minimum atomic E-state index is -4.40. The molecule has 530 valence electrons. The molecule has 0 saturated carbocycles. The van der Waals surface area contributed by atoms with Crippen LogP contribution in [0.1, 0.15) is 354 Å². The Balaban J connectivity index is 3.89. The molecule has 0 heterocycles. The Morgan fingerprint density at radius 2 is 0.598 bits per heavy atom. The van der Waals surface area contributed by atoms with E-state index < -0.39 is 26.5 Å². The van der Waals surface area contributed by atoms with Crippen LogP contribution in [0.25, 0.3) is 0 Å². The number of allylic oxidation sites excluding steroid dienone is 20. The van der Waals surface area contributed by atoms with E-state index in [0.29, 0.717) is 6.42 Å². The van der Waals surface area contributed by atoms with Gasteiger partial charge in [-0.25, -0.2) is 4.57 Å². The fraction of sp³-hybridized carbons (Fsp3) is 0.732. The van der Waals surface area contributed by atoms with E-state index >= 15 is 0 Å². The zero-order valence-electron chi connectivity index (χ0n) is 59.8. The Hall–Kier alpha value is -3.59. The van der Waals surface area contributed by atoms with Crippen molar-refractivity contribution in [1.82, 2.24) is 0 Å². The maximum absolute atomic E-state index is 12.8. The van der Waals surface area contributed by atoms with Crippen LogP contribution in [-0.2, 0) is 32.7 Å². The van der Waals surface area contributed by atoms with Gasteiger partial charge in [-0.15, -0.1) is 0 Å². The molecule has 0 fully saturated rings. The number of phosphoric acid groups is 1. The summed E-state index contributed by atoms with van der Waals surface area (Å²) in [5.41, 5.74) is 5.41. The van der Waals surface area contributed by atoms with Crippen molar-refractivity contribution >= 4 is 19.8 Å². The van der Waals surface area contributed by atoms with E-state index in [1.54, 1.807) is 0 Å². The zero-order valence-corrected chi connectivity index (χ0v) is 60.7. The molecule has 0 saturated heterocycles. The minimum Gasteiger partial charge on any atom is -0.462 e. The van der Waals surface area contributed by atoms with Gasteiger partial charge in [-0.05, 0) is 89.9 Å². The third-order valence-corrected chi connectivity index (χ3v) is 17.6. The Morgan fingerprint density at radius 1 is 0.337 bits per heavy atom. The van der Waals surface area contributed by atoms with E-state index in [9.17, 15) is 19.0 Å². The maximum atomic E-state index is 12.8. The number of carbonyl (C=O) groups excluding carboxylic acids is 2. The number of esters is 2. The summed E-state index contributed by atoms with van der Waals surface area (Å²) >= 11 is 0. The smallest absolute Gasteiger partial charge is 0.462 e. The fourth-order valence-corrected chi connectivity index (χ4v) is 11.7. The van der Waals surface area contributed by atoms with E-state index in [0.717, 1.165) is 109 Å². The lowest BCUT2D eigenvalue weighted by Crippen LogP contribution is -2.29. The lowest BCUT2D eigenvalue weighted by Gasteiger charge is -2.19. The van der Waals surface area contributed by atoms with E-state index in [1.807, 2.05) is 0 Å². The monoisotopic (exact) mass is 1300 g/mol. The summed E-state index contributed by atoms with van der Waals surface area (Å²) in [5.74, 6) is -0.829. The summed E-state index contributed by atoms with van der Waals surface area (Å²) < 4.78 is 33.2. The second kappa shape index (κ2) is 76.4. The normalized spacial score (nSPS) is 13.6. The summed E-state index contributed by atoms with van der Waals surface area (Å²) in [5, 5.41) is 0. The van der Waals surface area contributed by atoms with Gasteiger partial charge in [0.1, 0.15) is 6.61 Å². The maximum Gasteiger partial charge on any atom is 0.472 e. The molecule has 0 bridgehead atoms. The molecule has 10 heteroatoms. The van der Waals surface area contributed by atoms with Gasteiger partial charge in [0, 0.05) is 19.4 Å². The van der Waals surface area contributed by atoms with Crippen molar-refractivity contribution in [2.24, 2.45) is 5.73 Å². The number of rotatable bonds is 72. The van der Waals surface area contributed by atoms with Crippen LogP contribution in [0.4, 0.5) is 0 Å². The van der Waals surface area contributed by atoms with Gasteiger partial charge in [0.25, 0.3) is 0 Å². The molecule has 92 heavy (non-hydrogen) atoms. The van der Waals surface area contributed by atoms with Crippen LogP contribution in [0.2, 0.25) is 0 Å². The highest BCUT2D eigenvalue weighted by Crippen LogP contribution is 2.43. The van der Waals surface area contributed by atoms with Crippen molar-refractivity contribution in [2.75, 3.05) is 26.4 Å². The zero-order chi connectivity index (χ0) is 66.5. The number of carbonyl (C=O) groups is 2. The molecule has 0 spiro atoms. The first kappa shape index (κ1) is 88.4. The molecule has 2 unspecified atom stereocenters. The average molecular weight is 1300 g/mol. The van der Waals surface area contributed by atoms with Crippen molar-refractivity contribution < 1.29 is 37.6 Å². The average Bonchev–Trinajstić information content (AvgIpc) is 3.08. The topological polar surface area (TPSA) is 134 Å². The van der Waals surface area contributed by atoms with Crippen molar-refractivity contribution in [3.63, 3.8) is 0 Å². The second-order valence-corrected chi connectivity index (χ2v) is 27.0. The molecule has 9 nitrogen and oxygen atoms in total. The molecular formula is C82H144NO8P. The van der Waals surface area contributed by atoms with Crippen LogP contribution < -0.4 is 5.73 Å². The first-order chi connectivity index (χ1) is 45.3. The van der Waals surface area contributed by atoms with E-state index in [4.69, 9.17) is 24.3 Å². The quantitative estimate of drug-likeness (QED) is 0.0264. The molecule has 0 aliphatic heterocycles. The van der Waals surface area contributed by atoms with Crippen molar-refractivity contribution in [1.29, 1.82) is 0 Å².